The minimum absolute atomic E-state index is 0.101. The lowest BCUT2D eigenvalue weighted by Crippen LogP contribution is -2.31. The summed E-state index contributed by atoms with van der Waals surface area (Å²) in [6.07, 6.45) is 1.12. The summed E-state index contributed by atoms with van der Waals surface area (Å²) < 4.78 is 5.42. The van der Waals surface area contributed by atoms with Crippen LogP contribution >= 0.6 is 11.6 Å². The van der Waals surface area contributed by atoms with Gasteiger partial charge in [0, 0.05) is 24.1 Å². The summed E-state index contributed by atoms with van der Waals surface area (Å²) in [7, 11) is 0. The number of halogens is 1. The molecule has 5 heteroatoms. The first-order valence-corrected chi connectivity index (χ1v) is 6.34. The van der Waals surface area contributed by atoms with Gasteiger partial charge in [-0.15, -0.1) is 0 Å². The molecule has 1 saturated heterocycles. The van der Waals surface area contributed by atoms with Crippen molar-refractivity contribution in [3.8, 4) is 5.75 Å². The number of amides is 1. The van der Waals surface area contributed by atoms with Crippen molar-refractivity contribution in [1.82, 2.24) is 5.32 Å². The number of phenols is 1. The zero-order valence-electron chi connectivity index (χ0n) is 10.1. The van der Waals surface area contributed by atoms with Crippen LogP contribution in [-0.4, -0.2) is 30.3 Å². The molecule has 0 radical (unpaired) electrons. The Morgan fingerprint density at radius 3 is 3.00 bits per heavy atom. The molecular weight excluding hydrogens is 254 g/mol. The lowest BCUT2D eigenvalue weighted by Gasteiger charge is -2.15. The van der Waals surface area contributed by atoms with Gasteiger partial charge in [-0.2, -0.15) is 0 Å². The van der Waals surface area contributed by atoms with Gasteiger partial charge >= 0.3 is 0 Å². The first-order valence-electron chi connectivity index (χ1n) is 5.96. The summed E-state index contributed by atoms with van der Waals surface area (Å²) in [5.74, 6) is -0.0534. The van der Waals surface area contributed by atoms with Crippen molar-refractivity contribution in [3.05, 3.63) is 28.8 Å². The van der Waals surface area contributed by atoms with E-state index in [0.29, 0.717) is 17.5 Å². The van der Waals surface area contributed by atoms with Crippen LogP contribution in [0.15, 0.2) is 18.2 Å². The Bertz CT molecular complexity index is 450. The Hall–Kier alpha value is -1.26. The Balaban J connectivity index is 1.95. The number of hydrogen-bond acceptors (Lipinski definition) is 3. The Morgan fingerprint density at radius 2 is 2.39 bits per heavy atom. The van der Waals surface area contributed by atoms with Crippen molar-refractivity contribution in [1.29, 1.82) is 0 Å². The molecular formula is C13H16ClNO3. The fourth-order valence-corrected chi connectivity index (χ4v) is 2.23. The van der Waals surface area contributed by atoms with Crippen molar-refractivity contribution in [2.75, 3.05) is 13.2 Å². The molecule has 2 rings (SSSR count). The van der Waals surface area contributed by atoms with Gasteiger partial charge in [-0.3, -0.25) is 4.79 Å². The molecule has 98 valence electrons. The van der Waals surface area contributed by atoms with Crippen LogP contribution in [0.1, 0.15) is 23.7 Å². The van der Waals surface area contributed by atoms with Crippen molar-refractivity contribution in [3.63, 3.8) is 0 Å². The van der Waals surface area contributed by atoms with Crippen LogP contribution in [0, 0.1) is 5.92 Å². The zero-order valence-corrected chi connectivity index (χ0v) is 10.9. The van der Waals surface area contributed by atoms with Gasteiger partial charge in [-0.1, -0.05) is 11.6 Å². The van der Waals surface area contributed by atoms with Gasteiger partial charge in [0.25, 0.3) is 5.91 Å². The molecule has 1 aromatic carbocycles. The van der Waals surface area contributed by atoms with Crippen LogP contribution in [0.25, 0.3) is 0 Å². The van der Waals surface area contributed by atoms with Gasteiger partial charge in [-0.05, 0) is 31.5 Å². The van der Waals surface area contributed by atoms with E-state index in [2.05, 4.69) is 5.32 Å². The molecule has 1 aliphatic rings. The minimum atomic E-state index is -0.289. The fourth-order valence-electron chi connectivity index (χ4n) is 2.06. The van der Waals surface area contributed by atoms with E-state index in [1.165, 1.54) is 12.1 Å². The minimum Gasteiger partial charge on any atom is -0.507 e. The lowest BCUT2D eigenvalue weighted by atomic mass is 10.0. The van der Waals surface area contributed by atoms with Gasteiger partial charge in [0.1, 0.15) is 5.75 Å². The largest absolute Gasteiger partial charge is 0.507 e. The standard InChI is InChI=1S/C13H16ClNO3/c1-8-9(4-5-18-8)7-15-13(17)11-3-2-10(14)6-12(11)16/h2-3,6,8-9,16H,4-5,7H2,1H3,(H,15,17). The number of carbonyl (C=O) groups is 1. The summed E-state index contributed by atoms with van der Waals surface area (Å²) in [6.45, 7) is 3.31. The average Bonchev–Trinajstić information content (AvgIpc) is 2.72. The van der Waals surface area contributed by atoms with Crippen LogP contribution in [0.3, 0.4) is 0 Å². The highest BCUT2D eigenvalue weighted by molar-refractivity contribution is 6.30. The third-order valence-corrected chi connectivity index (χ3v) is 3.50. The molecule has 1 heterocycles. The molecule has 18 heavy (non-hydrogen) atoms. The predicted molar refractivity (Wildman–Crippen MR) is 69.0 cm³/mol. The molecule has 0 spiro atoms. The molecule has 2 unspecified atom stereocenters. The summed E-state index contributed by atoms with van der Waals surface area (Å²) in [4.78, 5) is 11.9. The monoisotopic (exact) mass is 269 g/mol. The van der Waals surface area contributed by atoms with Crippen LogP contribution in [0.2, 0.25) is 5.02 Å². The molecule has 1 aliphatic heterocycles. The van der Waals surface area contributed by atoms with Crippen LogP contribution < -0.4 is 5.32 Å². The molecule has 0 aliphatic carbocycles. The number of rotatable bonds is 3. The molecule has 2 N–H and O–H groups in total. The Morgan fingerprint density at radius 1 is 1.61 bits per heavy atom. The van der Waals surface area contributed by atoms with Gasteiger partial charge in [-0.25, -0.2) is 0 Å². The molecule has 1 aromatic rings. The fraction of sp³-hybridized carbons (Fsp3) is 0.462. The van der Waals surface area contributed by atoms with E-state index in [9.17, 15) is 9.90 Å². The number of carbonyl (C=O) groups excluding carboxylic acids is 1. The maximum Gasteiger partial charge on any atom is 0.255 e. The molecule has 4 nitrogen and oxygen atoms in total. The Kier molecular flexibility index (Phi) is 4.09. The highest BCUT2D eigenvalue weighted by Crippen LogP contribution is 2.23. The van der Waals surface area contributed by atoms with Gasteiger partial charge < -0.3 is 15.2 Å². The zero-order chi connectivity index (χ0) is 13.1. The van der Waals surface area contributed by atoms with Crippen molar-refractivity contribution < 1.29 is 14.6 Å². The van der Waals surface area contributed by atoms with E-state index in [1.807, 2.05) is 6.92 Å². The van der Waals surface area contributed by atoms with E-state index >= 15 is 0 Å². The van der Waals surface area contributed by atoms with E-state index in [4.69, 9.17) is 16.3 Å². The number of hydrogen-bond donors (Lipinski definition) is 2. The number of benzene rings is 1. The van der Waals surface area contributed by atoms with E-state index in [1.54, 1.807) is 6.07 Å². The van der Waals surface area contributed by atoms with Crippen LogP contribution in [-0.2, 0) is 4.74 Å². The summed E-state index contributed by atoms with van der Waals surface area (Å²) >= 11 is 5.71. The molecule has 0 saturated carbocycles. The van der Waals surface area contributed by atoms with Gasteiger partial charge in [0.05, 0.1) is 11.7 Å². The molecule has 1 fully saturated rings. The second kappa shape index (κ2) is 5.59. The lowest BCUT2D eigenvalue weighted by molar-refractivity contribution is 0.0905. The second-order valence-electron chi connectivity index (χ2n) is 4.50. The highest BCUT2D eigenvalue weighted by atomic mass is 35.5. The number of phenolic OH excluding ortho intramolecular Hbond substituents is 1. The summed E-state index contributed by atoms with van der Waals surface area (Å²) in [5, 5.41) is 12.8. The molecule has 1 amide bonds. The van der Waals surface area contributed by atoms with Gasteiger partial charge in [0.2, 0.25) is 0 Å². The first kappa shape index (κ1) is 13.2. The topological polar surface area (TPSA) is 58.6 Å². The highest BCUT2D eigenvalue weighted by Gasteiger charge is 2.24. The normalized spacial score (nSPS) is 23.0. The summed E-state index contributed by atoms with van der Waals surface area (Å²) in [6, 6.07) is 4.46. The quantitative estimate of drug-likeness (QED) is 0.884. The Labute approximate surface area is 111 Å². The van der Waals surface area contributed by atoms with Crippen LogP contribution in [0.4, 0.5) is 0 Å². The maximum atomic E-state index is 11.9. The van der Waals surface area contributed by atoms with Crippen molar-refractivity contribution in [2.45, 2.75) is 19.4 Å². The number of nitrogens with one attached hydrogen (secondary N) is 1. The third kappa shape index (κ3) is 2.94. The van der Waals surface area contributed by atoms with E-state index < -0.39 is 0 Å². The number of ether oxygens (including phenoxy) is 1. The average molecular weight is 270 g/mol. The smallest absolute Gasteiger partial charge is 0.255 e. The van der Waals surface area contributed by atoms with Crippen molar-refractivity contribution >= 4 is 17.5 Å². The maximum absolute atomic E-state index is 11.9. The molecule has 2 atom stereocenters. The SMILES string of the molecule is CC1OCCC1CNC(=O)c1ccc(Cl)cc1O. The molecule has 0 aromatic heterocycles. The van der Waals surface area contributed by atoms with Crippen LogP contribution in [0.5, 0.6) is 5.75 Å². The first-order chi connectivity index (χ1) is 8.58. The van der Waals surface area contributed by atoms with Crippen molar-refractivity contribution in [2.24, 2.45) is 5.92 Å². The summed E-state index contributed by atoms with van der Waals surface area (Å²) in [5.41, 5.74) is 0.242. The predicted octanol–water partition coefficient (Wildman–Crippen LogP) is 2.20. The third-order valence-electron chi connectivity index (χ3n) is 3.26. The van der Waals surface area contributed by atoms with Gasteiger partial charge in [0.15, 0.2) is 0 Å². The number of aromatic hydroxyl groups is 1. The van der Waals surface area contributed by atoms with E-state index in [0.717, 1.165) is 13.0 Å². The second-order valence-corrected chi connectivity index (χ2v) is 4.93. The molecule has 0 bridgehead atoms. The van der Waals surface area contributed by atoms with E-state index in [-0.39, 0.29) is 23.3 Å².